The molecule has 2 heterocycles. The van der Waals surface area contributed by atoms with Gasteiger partial charge in [0.1, 0.15) is 5.82 Å². The molecule has 0 fully saturated rings. The lowest BCUT2D eigenvalue weighted by Gasteiger charge is -2.07. The first kappa shape index (κ1) is 18.3. The molecule has 0 spiro atoms. The third kappa shape index (κ3) is 4.02. The number of nitrogens with zero attached hydrogens (tertiary/aromatic N) is 2. The summed E-state index contributed by atoms with van der Waals surface area (Å²) < 4.78 is 56.9. The number of nitrogens with one attached hydrogen (secondary N) is 1. The molecule has 0 atom stereocenters. The molecule has 5 nitrogen and oxygen atoms in total. The first-order valence-electron chi connectivity index (χ1n) is 6.97. The number of aromatic nitrogens is 2. The molecule has 26 heavy (non-hydrogen) atoms. The Balaban J connectivity index is 1.71. The fraction of sp³-hybridized carbons (Fsp3) is 0.133. The maximum atomic E-state index is 13.9. The lowest BCUT2D eigenvalue weighted by atomic mass is 10.1. The topological polar surface area (TPSA) is 68.0 Å². The first-order valence-corrected chi connectivity index (χ1v) is 8.17. The highest BCUT2D eigenvalue weighted by Crippen LogP contribution is 2.32. The Bertz CT molecular complexity index is 955. The minimum absolute atomic E-state index is 0.0373. The van der Waals surface area contributed by atoms with E-state index in [2.05, 4.69) is 15.5 Å². The molecule has 0 aliphatic rings. The van der Waals surface area contributed by atoms with Gasteiger partial charge in [0.15, 0.2) is 5.82 Å². The number of amides is 1. The van der Waals surface area contributed by atoms with Crippen LogP contribution in [0.5, 0.6) is 0 Å². The number of alkyl halides is 3. The molecule has 1 amide bonds. The number of benzene rings is 1. The van der Waals surface area contributed by atoms with E-state index in [-0.39, 0.29) is 23.8 Å². The molecule has 1 aromatic carbocycles. The van der Waals surface area contributed by atoms with Gasteiger partial charge in [-0.05, 0) is 30.3 Å². The summed E-state index contributed by atoms with van der Waals surface area (Å²) in [5.74, 6) is -1.81. The molecule has 0 bridgehead atoms. The summed E-state index contributed by atoms with van der Waals surface area (Å²) in [6, 6.07) is 5.08. The zero-order chi connectivity index (χ0) is 18.9. The van der Waals surface area contributed by atoms with Gasteiger partial charge < -0.3 is 9.84 Å². The van der Waals surface area contributed by atoms with Crippen LogP contribution < -0.4 is 5.32 Å². The van der Waals surface area contributed by atoms with Gasteiger partial charge >= 0.3 is 6.18 Å². The minimum atomic E-state index is -4.66. The zero-order valence-electron chi connectivity index (χ0n) is 12.6. The second-order valence-electron chi connectivity index (χ2n) is 4.99. The molecule has 3 aromatic rings. The molecule has 0 radical (unpaired) electrons. The van der Waals surface area contributed by atoms with Crippen LogP contribution in [-0.4, -0.2) is 16.0 Å². The van der Waals surface area contributed by atoms with Gasteiger partial charge in [-0.3, -0.25) is 4.79 Å². The number of hydrogen-bond acceptors (Lipinski definition) is 5. The molecular formula is C15H8ClF4N3O2S. The summed E-state index contributed by atoms with van der Waals surface area (Å²) >= 11 is 6.83. The molecular weight excluding hydrogens is 398 g/mol. The molecule has 1 N–H and O–H groups in total. The van der Waals surface area contributed by atoms with E-state index in [4.69, 9.17) is 16.1 Å². The summed E-state index contributed by atoms with van der Waals surface area (Å²) in [6.07, 6.45) is -4.66. The monoisotopic (exact) mass is 405 g/mol. The van der Waals surface area contributed by atoms with Gasteiger partial charge in [0.25, 0.3) is 11.8 Å². The Labute approximate surface area is 152 Å². The molecule has 0 aliphatic carbocycles. The summed E-state index contributed by atoms with van der Waals surface area (Å²) in [4.78, 5) is 16.1. The van der Waals surface area contributed by atoms with E-state index in [0.717, 1.165) is 17.4 Å². The second-order valence-corrected chi connectivity index (χ2v) is 6.71. The molecule has 0 saturated heterocycles. The molecule has 2 aromatic heterocycles. The average Bonchev–Trinajstić information content (AvgIpc) is 3.21. The van der Waals surface area contributed by atoms with Crippen molar-refractivity contribution >= 4 is 28.8 Å². The Morgan fingerprint density at radius 1 is 1.27 bits per heavy atom. The van der Waals surface area contributed by atoms with Crippen LogP contribution in [0.15, 0.2) is 34.9 Å². The van der Waals surface area contributed by atoms with Crippen LogP contribution in [0.25, 0.3) is 11.5 Å². The lowest BCUT2D eigenvalue weighted by molar-refractivity contribution is -0.137. The second kappa shape index (κ2) is 7.04. The van der Waals surface area contributed by atoms with Crippen molar-refractivity contribution in [2.24, 2.45) is 0 Å². The third-order valence-electron chi connectivity index (χ3n) is 3.20. The van der Waals surface area contributed by atoms with Crippen molar-refractivity contribution < 1.29 is 26.9 Å². The summed E-state index contributed by atoms with van der Waals surface area (Å²) in [6.45, 7) is -0.111. The van der Waals surface area contributed by atoms with Gasteiger partial charge in [-0.15, -0.1) is 11.3 Å². The standard InChI is InChI=1S/C15H8ClF4N3O2S/c16-11-4-3-10(26-11)13(24)21-6-12-22-14(25-23-12)8-2-1-7(5-9(8)17)15(18,19)20/h1-5H,6H2,(H,21,24). The van der Waals surface area contributed by atoms with Gasteiger partial charge in [-0.1, -0.05) is 16.8 Å². The van der Waals surface area contributed by atoms with Crippen molar-refractivity contribution in [3.05, 3.63) is 56.8 Å². The Hall–Kier alpha value is -2.46. The summed E-state index contributed by atoms with van der Waals surface area (Å²) in [5.41, 5.74) is -1.39. The summed E-state index contributed by atoms with van der Waals surface area (Å²) in [5, 5.41) is 6.09. The van der Waals surface area contributed by atoms with Crippen molar-refractivity contribution in [2.75, 3.05) is 0 Å². The predicted octanol–water partition coefficient (Wildman–Crippen LogP) is 4.54. The fourth-order valence-electron chi connectivity index (χ4n) is 1.98. The number of halogens is 5. The normalized spacial score (nSPS) is 11.6. The average molecular weight is 406 g/mol. The highest BCUT2D eigenvalue weighted by molar-refractivity contribution is 7.17. The van der Waals surface area contributed by atoms with E-state index in [1.807, 2.05) is 0 Å². The fourth-order valence-corrected chi connectivity index (χ4v) is 2.94. The maximum absolute atomic E-state index is 13.9. The van der Waals surface area contributed by atoms with Crippen LogP contribution in [0, 0.1) is 5.82 Å². The number of carbonyl (C=O) groups is 1. The minimum Gasteiger partial charge on any atom is -0.344 e. The smallest absolute Gasteiger partial charge is 0.344 e. The van der Waals surface area contributed by atoms with Crippen LogP contribution >= 0.6 is 22.9 Å². The number of thiophene rings is 1. The van der Waals surface area contributed by atoms with Crippen molar-refractivity contribution in [3.63, 3.8) is 0 Å². The van der Waals surface area contributed by atoms with Crippen molar-refractivity contribution in [2.45, 2.75) is 12.7 Å². The number of carbonyl (C=O) groups excluding carboxylic acids is 1. The van der Waals surface area contributed by atoms with Gasteiger partial charge in [-0.25, -0.2) is 4.39 Å². The molecule has 0 aliphatic heterocycles. The lowest BCUT2D eigenvalue weighted by Crippen LogP contribution is -2.22. The Morgan fingerprint density at radius 2 is 2.04 bits per heavy atom. The molecule has 0 saturated carbocycles. The van der Waals surface area contributed by atoms with E-state index < -0.39 is 23.5 Å². The van der Waals surface area contributed by atoms with Gasteiger partial charge in [0, 0.05) is 0 Å². The van der Waals surface area contributed by atoms with Crippen molar-refractivity contribution in [1.82, 2.24) is 15.5 Å². The largest absolute Gasteiger partial charge is 0.416 e. The number of hydrogen-bond donors (Lipinski definition) is 1. The van der Waals surface area contributed by atoms with Crippen molar-refractivity contribution in [1.29, 1.82) is 0 Å². The molecule has 136 valence electrons. The highest BCUT2D eigenvalue weighted by atomic mass is 35.5. The Morgan fingerprint density at radius 3 is 2.65 bits per heavy atom. The van der Waals surface area contributed by atoms with Crippen LogP contribution in [-0.2, 0) is 12.7 Å². The van der Waals surface area contributed by atoms with Gasteiger partial charge in [0.2, 0.25) is 0 Å². The molecule has 0 unspecified atom stereocenters. The van der Waals surface area contributed by atoms with Gasteiger partial charge in [0.05, 0.1) is 26.9 Å². The van der Waals surface area contributed by atoms with Crippen molar-refractivity contribution in [3.8, 4) is 11.5 Å². The van der Waals surface area contributed by atoms with Crippen LogP contribution in [0.4, 0.5) is 17.6 Å². The zero-order valence-corrected chi connectivity index (χ0v) is 14.2. The third-order valence-corrected chi connectivity index (χ3v) is 4.43. The quantitative estimate of drug-likeness (QED) is 0.647. The van der Waals surface area contributed by atoms with Crippen LogP contribution in [0.1, 0.15) is 21.1 Å². The molecule has 11 heteroatoms. The van der Waals surface area contributed by atoms with E-state index >= 15 is 0 Å². The van der Waals surface area contributed by atoms with E-state index in [1.54, 1.807) is 12.1 Å². The van der Waals surface area contributed by atoms with Gasteiger partial charge in [-0.2, -0.15) is 18.2 Å². The van der Waals surface area contributed by atoms with Crippen LogP contribution in [0.2, 0.25) is 4.34 Å². The first-order chi connectivity index (χ1) is 12.2. The predicted molar refractivity (Wildman–Crippen MR) is 85.2 cm³/mol. The number of rotatable bonds is 4. The SMILES string of the molecule is O=C(NCc1noc(-c2ccc(C(F)(F)F)cc2F)n1)c1ccc(Cl)s1. The molecule has 3 rings (SSSR count). The van der Waals surface area contributed by atoms with Crippen LogP contribution in [0.3, 0.4) is 0 Å². The van der Waals surface area contributed by atoms with E-state index in [9.17, 15) is 22.4 Å². The van der Waals surface area contributed by atoms with E-state index in [1.165, 1.54) is 0 Å². The Kier molecular flexibility index (Phi) is 4.97. The maximum Gasteiger partial charge on any atom is 0.416 e. The highest BCUT2D eigenvalue weighted by Gasteiger charge is 2.31. The summed E-state index contributed by atoms with van der Waals surface area (Å²) in [7, 11) is 0. The van der Waals surface area contributed by atoms with E-state index in [0.29, 0.717) is 21.3 Å².